The zero-order valence-corrected chi connectivity index (χ0v) is 61.8. The van der Waals surface area contributed by atoms with E-state index in [0.29, 0.717) is 86.3 Å². The van der Waals surface area contributed by atoms with Gasteiger partial charge in [-0.3, -0.25) is 19.3 Å². The molecule has 5 heterocycles. The van der Waals surface area contributed by atoms with E-state index in [0.717, 1.165) is 119 Å². The number of fused-ring (bicyclic) bond motifs is 3. The molecule has 10 aromatic rings. The van der Waals surface area contributed by atoms with Crippen molar-refractivity contribution >= 4 is 108 Å². The minimum atomic E-state index is -4.56. The molecule has 7 aromatic carbocycles. The maximum atomic E-state index is 14.0. The molecule has 0 aliphatic carbocycles. The third kappa shape index (κ3) is 20.6. The van der Waals surface area contributed by atoms with Crippen molar-refractivity contribution in [1.82, 2.24) is 45.2 Å². The molecule has 2 fully saturated rings. The Morgan fingerprint density at radius 3 is 1.51 bits per heavy atom. The highest BCUT2D eigenvalue weighted by atomic mass is 35.5. The standard InChI is InChI=1S/C32H29ClF3N5O.C26H27ClN4O.C25H27ClN4O/c1-20-6-7-22(16-21(20)9-11-26-25-4-3-5-29(33)27(25)18-38-30(26)37)31(42)39-24-10-8-23(28(17-24)32(34,35)36)19-41-14-12-40(2)13-15-41;1-18-5-6-20(26(32)29-11-14-31-12-3-2-4-13-31)15-19(18)8-10-23-24-16-22(27)9-7-21(24)17-30-25(23)28;1-4-30(5-2)13-12-28-25(31)19-7-6-17(3)18(14-19)9-11-22-23-15-21(26)10-8-20(23)16-29-24(22)27/h3-8,10,16-18H,12-15,19H2,1-2H3,(H2,37,38)(H,39,42);5-7,9,15-17H,2-4,11-14H2,1H3,(H2,28,30)(H,29,32);6-8,10,14-16H,4-5,12-13H2,1-3H3,(H2,27,29)(H,28,31). The summed E-state index contributed by atoms with van der Waals surface area (Å²) in [5.74, 6) is 19.0. The highest BCUT2D eigenvalue weighted by Crippen LogP contribution is 2.36. The molecule has 540 valence electrons. The lowest BCUT2D eigenvalue weighted by Gasteiger charge is -2.33. The summed E-state index contributed by atoms with van der Waals surface area (Å²) >= 11 is 18.6. The fourth-order valence-corrected chi connectivity index (χ4v) is 12.8. The number of nitrogens with one attached hydrogen (secondary N) is 3. The number of rotatable bonds is 14. The normalized spacial score (nSPS) is 13.2. The van der Waals surface area contributed by atoms with Crippen LogP contribution in [0, 0.1) is 56.3 Å². The Kier molecular flexibility index (Phi) is 26.5. The number of piperidine rings is 1. The molecular weight excluding hydrogens is 1390 g/mol. The van der Waals surface area contributed by atoms with Crippen molar-refractivity contribution in [2.24, 2.45) is 0 Å². The summed E-state index contributed by atoms with van der Waals surface area (Å²) < 4.78 is 42.0. The third-order valence-corrected chi connectivity index (χ3v) is 19.4. The van der Waals surface area contributed by atoms with Crippen molar-refractivity contribution in [3.05, 3.63) is 239 Å². The maximum Gasteiger partial charge on any atom is 0.416 e. The highest BCUT2D eigenvalue weighted by Gasteiger charge is 2.34. The van der Waals surface area contributed by atoms with Crippen LogP contribution in [0.2, 0.25) is 15.1 Å². The Balaban J connectivity index is 0.000000172. The van der Waals surface area contributed by atoms with Gasteiger partial charge in [-0.2, -0.15) is 13.2 Å². The monoisotopic (exact) mass is 1470 g/mol. The summed E-state index contributed by atoms with van der Waals surface area (Å²) in [6, 6.07) is 36.5. The number of alkyl halides is 3. The smallest absolute Gasteiger partial charge is 0.383 e. The van der Waals surface area contributed by atoms with Gasteiger partial charge in [-0.25, -0.2) is 15.0 Å². The topological polar surface area (TPSA) is 217 Å². The van der Waals surface area contributed by atoms with E-state index < -0.39 is 17.6 Å². The second-order valence-electron chi connectivity index (χ2n) is 25.9. The van der Waals surface area contributed by atoms with E-state index in [2.05, 4.69) is 95.0 Å². The molecule has 3 amide bonds. The van der Waals surface area contributed by atoms with Gasteiger partial charge in [0, 0.05) is 164 Å². The Bertz CT molecular complexity index is 5070. The number of aromatic nitrogens is 3. The van der Waals surface area contributed by atoms with E-state index in [1.165, 1.54) is 31.4 Å². The quantitative estimate of drug-likeness (QED) is 0.0559. The Labute approximate surface area is 626 Å². The number of halogens is 6. The van der Waals surface area contributed by atoms with E-state index in [4.69, 9.17) is 52.0 Å². The maximum absolute atomic E-state index is 14.0. The summed E-state index contributed by atoms with van der Waals surface area (Å²) in [5, 5.41) is 15.4. The lowest BCUT2D eigenvalue weighted by atomic mass is 10.0. The number of anilines is 4. The molecule has 0 saturated carbocycles. The van der Waals surface area contributed by atoms with Gasteiger partial charge in [0.25, 0.3) is 17.7 Å². The first-order valence-corrected chi connectivity index (χ1v) is 35.9. The number of amides is 3. The van der Waals surface area contributed by atoms with E-state index in [9.17, 15) is 27.6 Å². The minimum Gasteiger partial charge on any atom is -0.383 e. The van der Waals surface area contributed by atoms with Gasteiger partial charge in [0.15, 0.2) is 0 Å². The number of likely N-dealkylation sites (N-methyl/N-ethyl adjacent to an activating group) is 2. The van der Waals surface area contributed by atoms with Gasteiger partial charge in [-0.15, -0.1) is 0 Å². The molecule has 2 saturated heterocycles. The van der Waals surface area contributed by atoms with Gasteiger partial charge in [-0.1, -0.05) is 139 Å². The van der Waals surface area contributed by atoms with Gasteiger partial charge < -0.3 is 47.9 Å². The fourth-order valence-electron chi connectivity index (χ4n) is 12.2. The van der Waals surface area contributed by atoms with Crippen LogP contribution >= 0.6 is 34.8 Å². The van der Waals surface area contributed by atoms with Crippen LogP contribution in [0.1, 0.15) is 125 Å². The molecule has 22 heteroatoms. The number of likely N-dealkylation sites (tertiary alicyclic amines) is 1. The Morgan fingerprint density at radius 2 is 1.01 bits per heavy atom. The SMILES string of the molecule is CCN(CC)CCNC(=O)c1ccc(C)c(C#Cc2c(N)ncc3ccc(Cl)cc23)c1.Cc1ccc(C(=O)NCCN2CCCCC2)cc1C#Cc1c(N)ncc2ccc(Cl)cc12.Cc1ccc(C(=O)Nc2ccc(CN3CCN(C)CC3)c(C(F)(F)F)c2)cc1C#Cc1c(N)ncc2c(Cl)cccc12. The second-order valence-corrected chi connectivity index (χ2v) is 27.2. The molecule has 3 aromatic heterocycles. The van der Waals surface area contributed by atoms with Crippen molar-refractivity contribution in [3.8, 4) is 35.5 Å². The van der Waals surface area contributed by atoms with E-state index in [1.807, 2.05) is 112 Å². The number of pyridine rings is 3. The molecule has 0 radical (unpaired) electrons. The number of nitrogens with zero attached hydrogens (tertiary/aromatic N) is 7. The number of hydrogen-bond acceptors (Lipinski definition) is 13. The summed E-state index contributed by atoms with van der Waals surface area (Å²) in [4.78, 5) is 59.9. The first kappa shape index (κ1) is 77.4. The summed E-state index contributed by atoms with van der Waals surface area (Å²) in [5.41, 5.74) is 26.0. The fraction of sp³-hybridized carbons (Fsp3) is 0.277. The molecule has 0 atom stereocenters. The molecule has 0 bridgehead atoms. The van der Waals surface area contributed by atoms with Crippen LogP contribution in [-0.2, 0) is 12.7 Å². The number of piperazine rings is 1. The number of hydrogen-bond donors (Lipinski definition) is 6. The molecule has 0 spiro atoms. The Morgan fingerprint density at radius 1 is 0.524 bits per heavy atom. The number of nitrogens with two attached hydrogens (primary N) is 3. The molecule has 9 N–H and O–H groups in total. The van der Waals surface area contributed by atoms with E-state index >= 15 is 0 Å². The van der Waals surface area contributed by atoms with Gasteiger partial charge in [0.2, 0.25) is 0 Å². The van der Waals surface area contributed by atoms with Gasteiger partial charge in [-0.05, 0) is 168 Å². The average molecular weight is 1470 g/mol. The number of aryl methyl sites for hydroxylation is 3. The lowest BCUT2D eigenvalue weighted by molar-refractivity contribution is -0.138. The Hall–Kier alpha value is -10.2. The van der Waals surface area contributed by atoms with Crippen molar-refractivity contribution in [1.29, 1.82) is 0 Å². The zero-order chi connectivity index (χ0) is 74.9. The molecule has 105 heavy (non-hydrogen) atoms. The number of carbonyl (C=O) groups is 3. The molecule has 0 unspecified atom stereocenters. The van der Waals surface area contributed by atoms with Gasteiger partial charge >= 0.3 is 6.18 Å². The summed E-state index contributed by atoms with van der Waals surface area (Å²) in [6.07, 6.45) is 4.26. The summed E-state index contributed by atoms with van der Waals surface area (Å²) in [7, 11) is 1.99. The lowest BCUT2D eigenvalue weighted by Crippen LogP contribution is -2.44. The van der Waals surface area contributed by atoms with Gasteiger partial charge in [0.05, 0.1) is 22.3 Å². The molecular formula is C83H83Cl3F3N13O3. The van der Waals surface area contributed by atoms with Crippen LogP contribution in [0.15, 0.2) is 146 Å². The van der Waals surface area contributed by atoms with E-state index in [1.54, 1.807) is 48.9 Å². The predicted octanol–water partition coefficient (Wildman–Crippen LogP) is 14.8. The van der Waals surface area contributed by atoms with Crippen LogP contribution in [0.25, 0.3) is 32.3 Å². The van der Waals surface area contributed by atoms with Crippen LogP contribution < -0.4 is 33.2 Å². The zero-order valence-electron chi connectivity index (χ0n) is 59.5. The minimum absolute atomic E-state index is 0.0640. The molecule has 12 rings (SSSR count). The molecule has 16 nitrogen and oxygen atoms in total. The number of nitrogen functional groups attached to an aromatic ring is 3. The second kappa shape index (κ2) is 36.0. The van der Waals surface area contributed by atoms with Crippen molar-refractivity contribution in [2.75, 3.05) is 108 Å². The number of carbonyl (C=O) groups excluding carboxylic acids is 3. The highest BCUT2D eigenvalue weighted by molar-refractivity contribution is 6.35. The van der Waals surface area contributed by atoms with E-state index in [-0.39, 0.29) is 41.0 Å². The first-order valence-electron chi connectivity index (χ1n) is 34.7. The van der Waals surface area contributed by atoms with Crippen LogP contribution in [0.3, 0.4) is 0 Å². The van der Waals surface area contributed by atoms with Crippen molar-refractivity contribution in [2.45, 2.75) is 66.6 Å². The van der Waals surface area contributed by atoms with Crippen molar-refractivity contribution in [3.63, 3.8) is 0 Å². The number of benzene rings is 7. The predicted molar refractivity (Wildman–Crippen MR) is 420 cm³/mol. The molecule has 2 aliphatic rings. The molecule has 2 aliphatic heterocycles. The largest absolute Gasteiger partial charge is 0.416 e. The third-order valence-electron chi connectivity index (χ3n) is 18.6. The first-order chi connectivity index (χ1) is 50.4. The van der Waals surface area contributed by atoms with Crippen LogP contribution in [0.5, 0.6) is 0 Å². The van der Waals surface area contributed by atoms with Crippen LogP contribution in [-0.4, -0.2) is 138 Å². The van der Waals surface area contributed by atoms with Crippen molar-refractivity contribution < 1.29 is 27.6 Å². The average Bonchev–Trinajstić information content (AvgIpc) is 0.773. The van der Waals surface area contributed by atoms with Gasteiger partial charge in [0.1, 0.15) is 17.5 Å². The van der Waals surface area contributed by atoms with Crippen LogP contribution in [0.4, 0.5) is 36.3 Å². The summed E-state index contributed by atoms with van der Waals surface area (Å²) in [6.45, 7) is 20.4.